The van der Waals surface area contributed by atoms with Crippen molar-refractivity contribution in [2.45, 2.75) is 31.7 Å². The molecular formula is C21H30IN7O2. The van der Waals surface area contributed by atoms with E-state index in [0.29, 0.717) is 24.6 Å². The summed E-state index contributed by atoms with van der Waals surface area (Å²) in [4.78, 5) is 11.3. The third kappa shape index (κ3) is 6.33. The molecule has 0 spiro atoms. The quantitative estimate of drug-likeness (QED) is 0.229. The molecule has 10 heteroatoms. The second-order valence-corrected chi connectivity index (χ2v) is 7.34. The van der Waals surface area contributed by atoms with Crippen molar-refractivity contribution in [1.29, 1.82) is 0 Å². The van der Waals surface area contributed by atoms with Gasteiger partial charge in [0.25, 0.3) is 0 Å². The fraction of sp³-hybridized carbons (Fsp3) is 0.476. The molecule has 1 saturated heterocycles. The van der Waals surface area contributed by atoms with Gasteiger partial charge in [-0.05, 0) is 50.2 Å². The number of nitrogens with zero attached hydrogens (tertiary/aromatic N) is 4. The number of aliphatic imine (C=N–C) groups is 1. The van der Waals surface area contributed by atoms with Gasteiger partial charge in [-0.3, -0.25) is 15.0 Å². The Hall–Kier alpha value is -2.34. The first-order chi connectivity index (χ1) is 14.8. The van der Waals surface area contributed by atoms with E-state index in [1.54, 1.807) is 19.6 Å². The summed E-state index contributed by atoms with van der Waals surface area (Å²) in [7, 11) is 1.78. The summed E-state index contributed by atoms with van der Waals surface area (Å²) in [6.45, 7) is 3.62. The number of H-pyrrole nitrogens is 1. The predicted octanol–water partition coefficient (Wildman–Crippen LogP) is 3.21. The van der Waals surface area contributed by atoms with Crippen LogP contribution in [0.15, 0.2) is 50.6 Å². The number of furan rings is 2. The van der Waals surface area contributed by atoms with Crippen molar-refractivity contribution in [1.82, 2.24) is 30.7 Å². The van der Waals surface area contributed by atoms with Crippen molar-refractivity contribution in [3.63, 3.8) is 0 Å². The average molecular weight is 539 g/mol. The van der Waals surface area contributed by atoms with Gasteiger partial charge < -0.3 is 19.5 Å². The van der Waals surface area contributed by atoms with E-state index in [9.17, 15) is 0 Å². The van der Waals surface area contributed by atoms with Crippen LogP contribution in [0, 0.1) is 0 Å². The summed E-state index contributed by atoms with van der Waals surface area (Å²) < 4.78 is 11.0. The number of hydrogen-bond donors (Lipinski definition) is 3. The SMILES string of the molecule is CN=C(NCCc1nc(-c2ccco2)n[nH]1)NCC(c1ccco1)N1CCCCC1.I. The molecule has 1 aliphatic rings. The van der Waals surface area contributed by atoms with E-state index >= 15 is 0 Å². The normalized spacial score (nSPS) is 16.0. The van der Waals surface area contributed by atoms with Gasteiger partial charge in [0.1, 0.15) is 11.6 Å². The Morgan fingerprint density at radius 1 is 1.16 bits per heavy atom. The number of piperidine rings is 1. The van der Waals surface area contributed by atoms with Crippen LogP contribution in [0.2, 0.25) is 0 Å². The Balaban J connectivity index is 0.00000272. The molecule has 0 bridgehead atoms. The number of aromatic nitrogens is 3. The number of likely N-dealkylation sites (tertiary alicyclic amines) is 1. The average Bonchev–Trinajstić information content (AvgIpc) is 3.56. The fourth-order valence-corrected chi connectivity index (χ4v) is 3.76. The van der Waals surface area contributed by atoms with Gasteiger partial charge in [-0.1, -0.05) is 6.42 Å². The Kier molecular flexibility index (Phi) is 8.95. The van der Waals surface area contributed by atoms with Crippen LogP contribution < -0.4 is 10.6 Å². The molecule has 0 saturated carbocycles. The van der Waals surface area contributed by atoms with Gasteiger partial charge in [0.05, 0.1) is 18.6 Å². The van der Waals surface area contributed by atoms with Crippen LogP contribution in [0.1, 0.15) is 36.9 Å². The lowest BCUT2D eigenvalue weighted by atomic mass is 10.1. The second-order valence-electron chi connectivity index (χ2n) is 7.34. The molecule has 1 aliphatic heterocycles. The summed E-state index contributed by atoms with van der Waals surface area (Å²) in [5, 5.41) is 13.9. The lowest BCUT2D eigenvalue weighted by Gasteiger charge is -2.33. The van der Waals surface area contributed by atoms with E-state index in [-0.39, 0.29) is 30.0 Å². The monoisotopic (exact) mass is 539 g/mol. The van der Waals surface area contributed by atoms with Crippen molar-refractivity contribution in [2.75, 3.05) is 33.2 Å². The number of halogens is 1. The topological polar surface area (TPSA) is 108 Å². The highest BCUT2D eigenvalue weighted by molar-refractivity contribution is 14.0. The van der Waals surface area contributed by atoms with Crippen LogP contribution in [0.25, 0.3) is 11.6 Å². The number of hydrogen-bond acceptors (Lipinski definition) is 6. The maximum Gasteiger partial charge on any atom is 0.216 e. The lowest BCUT2D eigenvalue weighted by molar-refractivity contribution is 0.146. The standard InChI is InChI=1S/C21H29N7O2.HI/c1-22-21(23-10-9-19-25-20(27-26-19)18-8-6-14-30-18)24-15-16(17-7-5-13-29-17)28-11-3-2-4-12-28;/h5-8,13-14,16H,2-4,9-12,15H2,1H3,(H2,22,23,24)(H,25,26,27);1H. The Bertz CT molecular complexity index is 902. The van der Waals surface area contributed by atoms with Crippen LogP contribution in [0.4, 0.5) is 0 Å². The molecule has 0 aromatic carbocycles. The van der Waals surface area contributed by atoms with Crippen molar-refractivity contribution < 1.29 is 8.83 Å². The highest BCUT2D eigenvalue weighted by atomic mass is 127. The van der Waals surface area contributed by atoms with E-state index in [1.807, 2.05) is 18.2 Å². The summed E-state index contributed by atoms with van der Waals surface area (Å²) >= 11 is 0. The largest absolute Gasteiger partial charge is 0.468 e. The summed E-state index contributed by atoms with van der Waals surface area (Å²) in [6.07, 6.45) is 7.84. The first kappa shape index (κ1) is 23.3. The number of aromatic amines is 1. The third-order valence-electron chi connectivity index (χ3n) is 5.32. The molecule has 1 unspecified atom stereocenters. The number of guanidine groups is 1. The van der Waals surface area contributed by atoms with Crippen molar-refractivity contribution in [3.8, 4) is 11.6 Å². The third-order valence-corrected chi connectivity index (χ3v) is 5.32. The van der Waals surface area contributed by atoms with Crippen molar-refractivity contribution in [2.24, 2.45) is 4.99 Å². The minimum Gasteiger partial charge on any atom is -0.468 e. The molecule has 0 aliphatic carbocycles. The van der Waals surface area contributed by atoms with Gasteiger partial charge in [-0.2, -0.15) is 5.10 Å². The van der Waals surface area contributed by atoms with Crippen LogP contribution >= 0.6 is 24.0 Å². The highest BCUT2D eigenvalue weighted by Gasteiger charge is 2.24. The minimum absolute atomic E-state index is 0. The smallest absolute Gasteiger partial charge is 0.216 e. The predicted molar refractivity (Wildman–Crippen MR) is 129 cm³/mol. The Morgan fingerprint density at radius 2 is 1.97 bits per heavy atom. The molecule has 1 atom stereocenters. The summed E-state index contributed by atoms with van der Waals surface area (Å²) in [5.74, 6) is 3.78. The Labute approximate surface area is 199 Å². The van der Waals surface area contributed by atoms with Gasteiger partial charge in [-0.25, -0.2) is 4.98 Å². The van der Waals surface area contributed by atoms with Gasteiger partial charge in [0.2, 0.25) is 5.82 Å². The minimum atomic E-state index is 0. The van der Waals surface area contributed by atoms with Crippen molar-refractivity contribution >= 4 is 29.9 Å². The first-order valence-corrected chi connectivity index (χ1v) is 10.5. The maximum atomic E-state index is 5.72. The van der Waals surface area contributed by atoms with E-state index in [0.717, 1.165) is 37.2 Å². The second kappa shape index (κ2) is 11.9. The molecule has 31 heavy (non-hydrogen) atoms. The van der Waals surface area contributed by atoms with Gasteiger partial charge in [-0.15, -0.1) is 24.0 Å². The summed E-state index contributed by atoms with van der Waals surface area (Å²) in [6, 6.07) is 7.87. The number of nitrogens with one attached hydrogen (secondary N) is 3. The van der Waals surface area contributed by atoms with Crippen LogP contribution in [-0.4, -0.2) is 59.3 Å². The molecule has 9 nitrogen and oxygen atoms in total. The molecule has 1 fully saturated rings. The van der Waals surface area contributed by atoms with Gasteiger partial charge in [0.15, 0.2) is 11.7 Å². The van der Waals surface area contributed by atoms with E-state index in [4.69, 9.17) is 8.83 Å². The molecule has 3 N–H and O–H groups in total. The zero-order valence-corrected chi connectivity index (χ0v) is 20.0. The van der Waals surface area contributed by atoms with E-state index < -0.39 is 0 Å². The molecular weight excluding hydrogens is 509 g/mol. The van der Waals surface area contributed by atoms with Crippen LogP contribution in [0.5, 0.6) is 0 Å². The molecule has 3 aromatic rings. The Morgan fingerprint density at radius 3 is 2.68 bits per heavy atom. The molecule has 4 heterocycles. The maximum absolute atomic E-state index is 5.72. The number of rotatable bonds is 8. The van der Waals surface area contributed by atoms with Crippen molar-refractivity contribution in [3.05, 3.63) is 48.4 Å². The lowest BCUT2D eigenvalue weighted by Crippen LogP contribution is -2.44. The molecule has 168 valence electrons. The fourth-order valence-electron chi connectivity index (χ4n) is 3.76. The van der Waals surface area contributed by atoms with Gasteiger partial charge >= 0.3 is 0 Å². The molecule has 4 rings (SSSR count). The zero-order chi connectivity index (χ0) is 20.6. The first-order valence-electron chi connectivity index (χ1n) is 10.5. The van der Waals surface area contributed by atoms with Crippen LogP contribution in [0.3, 0.4) is 0 Å². The summed E-state index contributed by atoms with van der Waals surface area (Å²) in [5.41, 5.74) is 0. The zero-order valence-electron chi connectivity index (χ0n) is 17.7. The molecule has 0 amide bonds. The van der Waals surface area contributed by atoms with E-state index in [1.165, 1.54) is 19.3 Å². The molecule has 0 radical (unpaired) electrons. The molecule has 3 aromatic heterocycles. The van der Waals surface area contributed by atoms with Gasteiger partial charge in [0, 0.05) is 26.6 Å². The highest BCUT2D eigenvalue weighted by Crippen LogP contribution is 2.24. The van der Waals surface area contributed by atoms with Crippen LogP contribution in [-0.2, 0) is 6.42 Å². The van der Waals surface area contributed by atoms with E-state index in [2.05, 4.69) is 41.8 Å².